The van der Waals surface area contributed by atoms with Crippen molar-refractivity contribution in [3.05, 3.63) is 28.6 Å². The Morgan fingerprint density at radius 2 is 2.08 bits per heavy atom. The molecule has 2 rings (SSSR count). The van der Waals surface area contributed by atoms with E-state index in [1.54, 1.807) is 6.92 Å². The molecule has 1 nitrogen and oxygen atoms in total. The van der Waals surface area contributed by atoms with Crippen molar-refractivity contribution in [1.29, 1.82) is 0 Å². The predicted octanol–water partition coefficient (Wildman–Crippen LogP) is 2.31. The number of rotatable bonds is 0. The molecule has 64 valence electrons. The molecule has 4 heteroatoms. The third-order valence-corrected chi connectivity index (χ3v) is 1.86. The van der Waals surface area contributed by atoms with Crippen LogP contribution in [-0.2, 0) is 12.6 Å². The van der Waals surface area contributed by atoms with Crippen LogP contribution < -0.4 is 0 Å². The quantitative estimate of drug-likeness (QED) is 0.595. The Labute approximate surface area is 67.2 Å². The molecule has 12 heavy (non-hydrogen) atoms. The Morgan fingerprint density at radius 1 is 1.42 bits per heavy atom. The second-order valence-electron chi connectivity index (χ2n) is 2.91. The Kier molecular flexibility index (Phi) is 1.26. The third kappa shape index (κ3) is 1.07. The molecule has 0 aromatic carbocycles. The van der Waals surface area contributed by atoms with Crippen LogP contribution in [0.25, 0.3) is 0 Å². The zero-order chi connectivity index (χ0) is 8.93. The lowest BCUT2D eigenvalue weighted by molar-refractivity contribution is -0.137. The van der Waals surface area contributed by atoms with Crippen molar-refractivity contribution < 1.29 is 13.2 Å². The molecule has 1 aromatic rings. The first-order valence-corrected chi connectivity index (χ1v) is 3.55. The maximum absolute atomic E-state index is 12.2. The van der Waals surface area contributed by atoms with Crippen LogP contribution in [0.1, 0.15) is 22.5 Å². The highest BCUT2D eigenvalue weighted by Crippen LogP contribution is 2.40. The maximum Gasteiger partial charge on any atom is 0.416 e. The molecule has 0 spiro atoms. The van der Waals surface area contributed by atoms with Crippen LogP contribution in [0.2, 0.25) is 0 Å². The molecule has 0 atom stereocenters. The standard InChI is InChI=1S/C8H6F3N/c1-4-2-6(8(9,10)11)5-3-7(5)12-4/h2H,3H2,1H3. The molecule has 0 saturated carbocycles. The van der Waals surface area contributed by atoms with Gasteiger partial charge in [-0.1, -0.05) is 0 Å². The monoisotopic (exact) mass is 173 g/mol. The van der Waals surface area contributed by atoms with Gasteiger partial charge in [0, 0.05) is 17.8 Å². The highest BCUT2D eigenvalue weighted by molar-refractivity contribution is 5.48. The number of pyridine rings is 1. The van der Waals surface area contributed by atoms with Crippen molar-refractivity contribution in [2.75, 3.05) is 0 Å². The normalized spacial score (nSPS) is 14.3. The molecule has 1 aliphatic rings. The zero-order valence-electron chi connectivity index (χ0n) is 6.37. The minimum Gasteiger partial charge on any atom is -0.258 e. The van der Waals surface area contributed by atoms with Crippen molar-refractivity contribution in [3.63, 3.8) is 0 Å². The minimum atomic E-state index is -4.21. The molecule has 0 amide bonds. The van der Waals surface area contributed by atoms with E-state index >= 15 is 0 Å². The summed E-state index contributed by atoms with van der Waals surface area (Å²) in [7, 11) is 0. The fourth-order valence-electron chi connectivity index (χ4n) is 1.28. The molecular weight excluding hydrogens is 167 g/mol. The topological polar surface area (TPSA) is 12.9 Å². The molecule has 0 unspecified atom stereocenters. The van der Waals surface area contributed by atoms with Crippen molar-refractivity contribution >= 4 is 0 Å². The first-order chi connectivity index (χ1) is 5.48. The number of hydrogen-bond acceptors (Lipinski definition) is 1. The lowest BCUT2D eigenvalue weighted by Crippen LogP contribution is -2.05. The highest BCUT2D eigenvalue weighted by Gasteiger charge is 2.39. The third-order valence-electron chi connectivity index (χ3n) is 1.86. The summed E-state index contributed by atoms with van der Waals surface area (Å²) in [5.74, 6) is 0. The lowest BCUT2D eigenvalue weighted by atomic mass is 10.2. The smallest absolute Gasteiger partial charge is 0.258 e. The molecule has 1 aromatic heterocycles. The summed E-state index contributed by atoms with van der Waals surface area (Å²) in [5.41, 5.74) is 0.902. The van der Waals surface area contributed by atoms with Crippen LogP contribution >= 0.6 is 0 Å². The van der Waals surface area contributed by atoms with Gasteiger partial charge < -0.3 is 0 Å². The van der Waals surface area contributed by atoms with Crippen LogP contribution in [0, 0.1) is 6.92 Å². The lowest BCUT2D eigenvalue weighted by Gasteiger charge is -2.05. The van der Waals surface area contributed by atoms with E-state index in [0.29, 0.717) is 23.4 Å². The Morgan fingerprint density at radius 3 is 2.67 bits per heavy atom. The van der Waals surface area contributed by atoms with Gasteiger partial charge in [-0.15, -0.1) is 0 Å². The van der Waals surface area contributed by atoms with Crippen LogP contribution in [0.4, 0.5) is 13.2 Å². The van der Waals surface area contributed by atoms with Gasteiger partial charge in [-0.2, -0.15) is 13.2 Å². The van der Waals surface area contributed by atoms with Crippen LogP contribution in [-0.4, -0.2) is 4.98 Å². The SMILES string of the molecule is Cc1cc(C(F)(F)F)c2c(n1)C2. The van der Waals surface area contributed by atoms with Gasteiger partial charge in [-0.05, 0) is 18.6 Å². The average molecular weight is 173 g/mol. The minimum absolute atomic E-state index is 0.369. The van der Waals surface area contributed by atoms with Crippen molar-refractivity contribution in [3.8, 4) is 0 Å². The summed E-state index contributed by atoms with van der Waals surface area (Å²) in [5, 5.41) is 0. The summed E-state index contributed by atoms with van der Waals surface area (Å²) in [4.78, 5) is 3.94. The Bertz CT molecular complexity index is 340. The summed E-state index contributed by atoms with van der Waals surface area (Å²) >= 11 is 0. The number of hydrogen-bond donors (Lipinski definition) is 0. The van der Waals surface area contributed by atoms with Crippen molar-refractivity contribution in [2.45, 2.75) is 19.5 Å². The second kappa shape index (κ2) is 2.00. The number of aromatic nitrogens is 1. The predicted molar refractivity (Wildman–Crippen MR) is 36.8 cm³/mol. The van der Waals surface area contributed by atoms with Gasteiger partial charge in [0.15, 0.2) is 0 Å². The van der Waals surface area contributed by atoms with E-state index in [-0.39, 0.29) is 0 Å². The number of aryl methyl sites for hydroxylation is 1. The molecule has 0 radical (unpaired) electrons. The van der Waals surface area contributed by atoms with Crippen LogP contribution in [0.3, 0.4) is 0 Å². The fraction of sp³-hybridized carbons (Fsp3) is 0.375. The number of halogens is 3. The molecule has 0 saturated heterocycles. The highest BCUT2D eigenvalue weighted by atomic mass is 19.4. The van der Waals surface area contributed by atoms with Crippen LogP contribution in [0.15, 0.2) is 6.07 Å². The van der Waals surface area contributed by atoms with E-state index in [4.69, 9.17) is 0 Å². The van der Waals surface area contributed by atoms with Gasteiger partial charge in [0.05, 0.1) is 5.56 Å². The molecule has 0 aliphatic heterocycles. The second-order valence-corrected chi connectivity index (χ2v) is 2.91. The Hall–Kier alpha value is -1.06. The zero-order valence-corrected chi connectivity index (χ0v) is 6.37. The Balaban J connectivity index is 2.54. The number of fused-ring (bicyclic) bond motifs is 1. The molecular formula is C8H6F3N. The largest absolute Gasteiger partial charge is 0.416 e. The van der Waals surface area contributed by atoms with E-state index in [0.717, 1.165) is 6.07 Å². The van der Waals surface area contributed by atoms with E-state index in [1.165, 1.54) is 0 Å². The molecule has 0 bridgehead atoms. The van der Waals surface area contributed by atoms with Gasteiger partial charge in [0.25, 0.3) is 0 Å². The van der Waals surface area contributed by atoms with Gasteiger partial charge in [0.1, 0.15) is 0 Å². The average Bonchev–Trinajstić information content (AvgIpc) is 2.61. The number of nitrogens with zero attached hydrogens (tertiary/aromatic N) is 1. The first kappa shape index (κ1) is 7.58. The number of alkyl halides is 3. The summed E-state index contributed by atoms with van der Waals surface area (Å²) in [6.07, 6.45) is -3.81. The van der Waals surface area contributed by atoms with Gasteiger partial charge >= 0.3 is 6.18 Å². The van der Waals surface area contributed by atoms with E-state index in [9.17, 15) is 13.2 Å². The molecule has 1 heterocycles. The molecule has 0 fully saturated rings. The summed E-state index contributed by atoms with van der Waals surface area (Å²) in [6, 6.07) is 1.10. The van der Waals surface area contributed by atoms with E-state index in [2.05, 4.69) is 4.98 Å². The van der Waals surface area contributed by atoms with Crippen LogP contribution in [0.5, 0.6) is 0 Å². The van der Waals surface area contributed by atoms with Gasteiger partial charge in [0.2, 0.25) is 0 Å². The fourth-order valence-corrected chi connectivity index (χ4v) is 1.28. The van der Waals surface area contributed by atoms with E-state index < -0.39 is 11.7 Å². The maximum atomic E-state index is 12.2. The van der Waals surface area contributed by atoms with Crippen molar-refractivity contribution in [1.82, 2.24) is 4.98 Å². The summed E-state index contributed by atoms with van der Waals surface area (Å²) < 4.78 is 36.7. The molecule has 0 N–H and O–H groups in total. The van der Waals surface area contributed by atoms with Gasteiger partial charge in [-0.3, -0.25) is 4.98 Å². The summed E-state index contributed by atoms with van der Waals surface area (Å²) in [6.45, 7) is 1.58. The first-order valence-electron chi connectivity index (χ1n) is 3.55. The molecule has 1 aliphatic carbocycles. The van der Waals surface area contributed by atoms with Crippen molar-refractivity contribution in [2.24, 2.45) is 0 Å². The van der Waals surface area contributed by atoms with Gasteiger partial charge in [-0.25, -0.2) is 0 Å². The van der Waals surface area contributed by atoms with E-state index in [1.807, 2.05) is 0 Å².